The van der Waals surface area contributed by atoms with Crippen molar-refractivity contribution in [1.29, 1.82) is 0 Å². The minimum atomic E-state index is -0.125. The molecule has 0 aliphatic carbocycles. The summed E-state index contributed by atoms with van der Waals surface area (Å²) in [7, 11) is 0. The highest BCUT2D eigenvalue weighted by atomic mass is 32.2. The maximum atomic E-state index is 11.9. The average molecular weight is 301 g/mol. The SMILES string of the molecule is CSc1ccc(OCC(=O)N[C@@H](C)c2ccccc2)cc1. The first-order valence-corrected chi connectivity index (χ1v) is 8.02. The van der Waals surface area contributed by atoms with Gasteiger partial charge in [0.15, 0.2) is 6.61 Å². The van der Waals surface area contributed by atoms with E-state index in [0.717, 1.165) is 5.56 Å². The van der Waals surface area contributed by atoms with Gasteiger partial charge >= 0.3 is 0 Å². The highest BCUT2D eigenvalue weighted by molar-refractivity contribution is 7.98. The second-order valence-corrected chi connectivity index (χ2v) is 5.54. The molecule has 2 aromatic rings. The Balaban J connectivity index is 1.81. The lowest BCUT2D eigenvalue weighted by molar-refractivity contribution is -0.123. The summed E-state index contributed by atoms with van der Waals surface area (Å²) < 4.78 is 5.48. The van der Waals surface area contributed by atoms with Crippen LogP contribution in [-0.4, -0.2) is 18.8 Å². The van der Waals surface area contributed by atoms with Crippen LogP contribution < -0.4 is 10.1 Å². The van der Waals surface area contributed by atoms with Gasteiger partial charge in [0.05, 0.1) is 6.04 Å². The minimum absolute atomic E-state index is 0.0236. The molecule has 0 radical (unpaired) electrons. The Labute approximate surface area is 129 Å². The summed E-state index contributed by atoms with van der Waals surface area (Å²) in [5.41, 5.74) is 1.08. The molecule has 21 heavy (non-hydrogen) atoms. The third kappa shape index (κ3) is 4.83. The van der Waals surface area contributed by atoms with Crippen molar-refractivity contribution in [3.8, 4) is 5.75 Å². The number of amides is 1. The van der Waals surface area contributed by atoms with Gasteiger partial charge in [0, 0.05) is 4.90 Å². The number of carbonyl (C=O) groups excluding carboxylic acids is 1. The number of ether oxygens (including phenoxy) is 1. The van der Waals surface area contributed by atoms with Gasteiger partial charge in [-0.1, -0.05) is 30.3 Å². The number of nitrogens with one attached hydrogen (secondary N) is 1. The monoisotopic (exact) mass is 301 g/mol. The van der Waals surface area contributed by atoms with Gasteiger partial charge in [0.2, 0.25) is 0 Å². The van der Waals surface area contributed by atoms with E-state index in [2.05, 4.69) is 5.32 Å². The van der Waals surface area contributed by atoms with Crippen LogP contribution in [0.25, 0.3) is 0 Å². The second-order valence-electron chi connectivity index (χ2n) is 4.66. The Kier molecular flexibility index (Phi) is 5.69. The number of benzene rings is 2. The zero-order valence-corrected chi connectivity index (χ0v) is 13.0. The van der Waals surface area contributed by atoms with Crippen LogP contribution in [0.2, 0.25) is 0 Å². The molecule has 0 aromatic heterocycles. The topological polar surface area (TPSA) is 38.3 Å². The van der Waals surface area contributed by atoms with E-state index >= 15 is 0 Å². The highest BCUT2D eigenvalue weighted by Crippen LogP contribution is 2.19. The molecule has 0 heterocycles. The van der Waals surface area contributed by atoms with Crippen LogP contribution in [0.15, 0.2) is 59.5 Å². The Hall–Kier alpha value is -1.94. The van der Waals surface area contributed by atoms with Crippen LogP contribution in [0.5, 0.6) is 5.75 Å². The van der Waals surface area contributed by atoms with E-state index in [1.165, 1.54) is 4.90 Å². The molecule has 0 saturated carbocycles. The summed E-state index contributed by atoms with van der Waals surface area (Å²) >= 11 is 1.67. The molecule has 2 rings (SSSR count). The van der Waals surface area contributed by atoms with Gasteiger partial charge in [-0.25, -0.2) is 0 Å². The van der Waals surface area contributed by atoms with Crippen molar-refractivity contribution >= 4 is 17.7 Å². The molecular weight excluding hydrogens is 282 g/mol. The molecule has 0 saturated heterocycles. The fourth-order valence-corrected chi connectivity index (χ4v) is 2.34. The summed E-state index contributed by atoms with van der Waals surface area (Å²) in [6, 6.07) is 17.5. The lowest BCUT2D eigenvalue weighted by atomic mass is 10.1. The van der Waals surface area contributed by atoms with Crippen LogP contribution in [0.3, 0.4) is 0 Å². The molecule has 0 fully saturated rings. The molecular formula is C17H19NO2S. The lowest BCUT2D eigenvalue weighted by Gasteiger charge is -2.14. The van der Waals surface area contributed by atoms with E-state index < -0.39 is 0 Å². The molecule has 4 heteroatoms. The molecule has 1 atom stereocenters. The van der Waals surface area contributed by atoms with Gasteiger partial charge < -0.3 is 10.1 Å². The second kappa shape index (κ2) is 7.74. The van der Waals surface area contributed by atoms with E-state index in [1.807, 2.05) is 67.8 Å². The summed E-state index contributed by atoms with van der Waals surface area (Å²) in [5.74, 6) is 0.579. The number of hydrogen-bond acceptors (Lipinski definition) is 3. The van der Waals surface area contributed by atoms with Crippen LogP contribution in [0.1, 0.15) is 18.5 Å². The first kappa shape index (κ1) is 15.4. The molecule has 2 aromatic carbocycles. The number of hydrogen-bond donors (Lipinski definition) is 1. The van der Waals surface area contributed by atoms with Gasteiger partial charge in [0.1, 0.15) is 5.75 Å². The van der Waals surface area contributed by atoms with Gasteiger partial charge in [0.25, 0.3) is 5.91 Å². The molecule has 0 aliphatic rings. The molecule has 1 N–H and O–H groups in total. The van der Waals surface area contributed by atoms with Gasteiger partial charge in [-0.05, 0) is 43.0 Å². The Morgan fingerprint density at radius 2 is 1.81 bits per heavy atom. The summed E-state index contributed by atoms with van der Waals surface area (Å²) in [5, 5.41) is 2.92. The first-order valence-electron chi connectivity index (χ1n) is 6.80. The number of carbonyl (C=O) groups is 1. The summed E-state index contributed by atoms with van der Waals surface area (Å²) in [6.45, 7) is 1.98. The highest BCUT2D eigenvalue weighted by Gasteiger charge is 2.09. The average Bonchev–Trinajstić information content (AvgIpc) is 2.54. The maximum Gasteiger partial charge on any atom is 0.258 e. The van der Waals surface area contributed by atoms with Crippen LogP contribution in [-0.2, 0) is 4.79 Å². The largest absolute Gasteiger partial charge is 0.484 e. The summed E-state index contributed by atoms with van der Waals surface area (Å²) in [6.07, 6.45) is 2.02. The minimum Gasteiger partial charge on any atom is -0.484 e. The van der Waals surface area contributed by atoms with Gasteiger partial charge in [-0.3, -0.25) is 4.79 Å². The van der Waals surface area contributed by atoms with Crippen molar-refractivity contribution in [3.05, 3.63) is 60.2 Å². The van der Waals surface area contributed by atoms with Crippen LogP contribution >= 0.6 is 11.8 Å². The van der Waals surface area contributed by atoms with Crippen molar-refractivity contribution in [3.63, 3.8) is 0 Å². The normalized spacial score (nSPS) is 11.7. The number of rotatable bonds is 6. The fourth-order valence-electron chi connectivity index (χ4n) is 1.93. The first-order chi connectivity index (χ1) is 10.2. The molecule has 3 nitrogen and oxygen atoms in total. The quantitative estimate of drug-likeness (QED) is 0.827. The fraction of sp³-hybridized carbons (Fsp3) is 0.235. The van der Waals surface area contributed by atoms with E-state index in [9.17, 15) is 4.79 Å². The van der Waals surface area contributed by atoms with E-state index in [-0.39, 0.29) is 18.6 Å². The van der Waals surface area contributed by atoms with E-state index in [1.54, 1.807) is 11.8 Å². The van der Waals surface area contributed by atoms with Gasteiger partial charge in [-0.2, -0.15) is 0 Å². The van der Waals surface area contributed by atoms with Crippen molar-refractivity contribution < 1.29 is 9.53 Å². The Bertz CT molecular complexity index is 569. The molecule has 0 spiro atoms. The van der Waals surface area contributed by atoms with Crippen molar-refractivity contribution in [2.75, 3.05) is 12.9 Å². The molecule has 0 unspecified atom stereocenters. The predicted octanol–water partition coefficient (Wildman–Crippen LogP) is 3.66. The summed E-state index contributed by atoms with van der Waals surface area (Å²) in [4.78, 5) is 13.1. The molecule has 0 bridgehead atoms. The molecule has 0 aliphatic heterocycles. The number of thioether (sulfide) groups is 1. The van der Waals surface area contributed by atoms with Crippen molar-refractivity contribution in [1.82, 2.24) is 5.32 Å². The zero-order chi connectivity index (χ0) is 15.1. The maximum absolute atomic E-state index is 11.9. The lowest BCUT2D eigenvalue weighted by Crippen LogP contribution is -2.31. The standard InChI is InChI=1S/C17H19NO2S/c1-13(14-6-4-3-5-7-14)18-17(19)12-20-15-8-10-16(21-2)11-9-15/h3-11,13H,12H2,1-2H3,(H,18,19)/t13-/m0/s1. The van der Waals surface area contributed by atoms with Crippen molar-refractivity contribution in [2.45, 2.75) is 17.9 Å². The third-order valence-electron chi connectivity index (χ3n) is 3.11. The smallest absolute Gasteiger partial charge is 0.258 e. The zero-order valence-electron chi connectivity index (χ0n) is 12.2. The van der Waals surface area contributed by atoms with Crippen molar-refractivity contribution in [2.24, 2.45) is 0 Å². The predicted molar refractivity (Wildman–Crippen MR) is 86.7 cm³/mol. The van der Waals surface area contributed by atoms with Gasteiger partial charge in [-0.15, -0.1) is 11.8 Å². The van der Waals surface area contributed by atoms with E-state index in [0.29, 0.717) is 5.75 Å². The van der Waals surface area contributed by atoms with E-state index in [4.69, 9.17) is 4.74 Å². The Morgan fingerprint density at radius 3 is 2.43 bits per heavy atom. The van der Waals surface area contributed by atoms with Crippen LogP contribution in [0, 0.1) is 0 Å². The third-order valence-corrected chi connectivity index (χ3v) is 3.85. The van der Waals surface area contributed by atoms with Crippen LogP contribution in [0.4, 0.5) is 0 Å². The molecule has 110 valence electrons. The Morgan fingerprint density at radius 1 is 1.14 bits per heavy atom. The molecule has 1 amide bonds.